The number of nitrogens with one attached hydrogen (secondary N) is 5. The summed E-state index contributed by atoms with van der Waals surface area (Å²) in [5.41, 5.74) is 9.82. The molecule has 4 rings (SSSR count). The predicted molar refractivity (Wildman–Crippen MR) is 214 cm³/mol. The highest BCUT2D eigenvalue weighted by Gasteiger charge is 2.26. The fourth-order valence-electron chi connectivity index (χ4n) is 4.53. The number of aromatic hydroxyl groups is 2. The summed E-state index contributed by atoms with van der Waals surface area (Å²) in [6.45, 7) is 20.2. The van der Waals surface area contributed by atoms with Gasteiger partial charge in [0.25, 0.3) is 17.7 Å². The molecule has 57 heavy (non-hydrogen) atoms. The van der Waals surface area contributed by atoms with Crippen molar-refractivity contribution >= 4 is 69.6 Å². The molecule has 4 atom stereocenters. The van der Waals surface area contributed by atoms with Crippen LogP contribution in [-0.2, 0) is 9.59 Å². The van der Waals surface area contributed by atoms with Crippen LogP contribution < -0.4 is 32.8 Å². The van der Waals surface area contributed by atoms with Crippen molar-refractivity contribution in [2.45, 2.75) is 52.0 Å². The monoisotopic (exact) mass is 822 g/mol. The van der Waals surface area contributed by atoms with Gasteiger partial charge >= 0.3 is 5.97 Å². The number of carboxylic acids is 1. The second-order valence-electron chi connectivity index (χ2n) is 11.9. The second kappa shape index (κ2) is 22.1. The lowest BCUT2D eigenvalue weighted by Crippen LogP contribution is -2.52. The number of hydrazine groups is 2. The second-order valence-corrected chi connectivity index (χ2v) is 12.7. The number of nitrogens with zero attached hydrogens (tertiary/aromatic N) is 2. The lowest BCUT2D eigenvalue weighted by atomic mass is 10.1. The average Bonchev–Trinajstić information content (AvgIpc) is 3.18. The number of carboxylic acid groups (broad SMARTS) is 1. The van der Waals surface area contributed by atoms with E-state index in [1.807, 2.05) is 5.43 Å². The van der Waals surface area contributed by atoms with Gasteiger partial charge in [0.05, 0.1) is 35.4 Å². The van der Waals surface area contributed by atoms with E-state index in [1.54, 1.807) is 26.0 Å². The molecule has 4 aromatic carbocycles. The minimum Gasteiger partial charge on any atom is -0.508 e. The van der Waals surface area contributed by atoms with E-state index >= 15 is 0 Å². The average molecular weight is 824 g/mol. The number of phenols is 2. The molecule has 0 radical (unpaired) electrons. The topological polar surface area (TPSA) is 264 Å². The third kappa shape index (κ3) is 13.6. The number of carbonyl (C=O) groups excluding carboxylic acids is 3. The molecule has 17 nitrogen and oxygen atoms in total. The van der Waals surface area contributed by atoms with Crippen LogP contribution in [0.5, 0.6) is 11.5 Å². The van der Waals surface area contributed by atoms with Gasteiger partial charge < -0.3 is 36.2 Å². The van der Waals surface area contributed by atoms with Gasteiger partial charge in [0.2, 0.25) is 11.4 Å². The predicted octanol–water partition coefficient (Wildman–Crippen LogP) is 4.97. The van der Waals surface area contributed by atoms with Gasteiger partial charge in [0.15, 0.2) is 6.04 Å². The molecule has 0 heterocycles. The van der Waals surface area contributed by atoms with Crippen molar-refractivity contribution in [3.8, 4) is 11.5 Å². The number of carbonyl (C=O) groups is 4. The lowest BCUT2D eigenvalue weighted by Gasteiger charge is -2.23. The number of aliphatic hydroxyl groups excluding tert-OH is 2. The summed E-state index contributed by atoms with van der Waals surface area (Å²) < 4.78 is 0. The molecule has 0 bridgehead atoms. The summed E-state index contributed by atoms with van der Waals surface area (Å²) >= 11 is 12.1. The number of anilines is 2. The summed E-state index contributed by atoms with van der Waals surface area (Å²) in [6, 6.07) is 15.2. The third-order valence-corrected chi connectivity index (χ3v) is 8.75. The van der Waals surface area contributed by atoms with Crippen LogP contribution in [-0.4, -0.2) is 73.5 Å². The Bertz CT molecular complexity index is 2140. The Morgan fingerprint density at radius 1 is 0.649 bits per heavy atom. The van der Waals surface area contributed by atoms with E-state index in [0.29, 0.717) is 33.8 Å². The maximum atomic E-state index is 12.4. The Morgan fingerprint density at radius 2 is 1.04 bits per heavy atom. The molecule has 0 spiro atoms. The van der Waals surface area contributed by atoms with Crippen molar-refractivity contribution in [3.63, 3.8) is 0 Å². The molecule has 0 aliphatic rings. The number of benzene rings is 4. The maximum absolute atomic E-state index is 12.4. The molecular weight excluding hydrogens is 783 g/mol. The lowest BCUT2D eigenvalue weighted by molar-refractivity contribution is -0.140. The normalized spacial score (nSPS) is 12.1. The number of rotatable bonds is 10. The zero-order valence-corrected chi connectivity index (χ0v) is 32.3. The van der Waals surface area contributed by atoms with Gasteiger partial charge in [-0.1, -0.05) is 35.3 Å². The smallest absolute Gasteiger partial charge is 0.328 e. The Kier molecular flexibility index (Phi) is 18.0. The van der Waals surface area contributed by atoms with Gasteiger partial charge in [0.1, 0.15) is 17.5 Å². The molecular formula is C38H40Cl2N8O9. The third-order valence-electron chi connectivity index (χ3n) is 7.80. The van der Waals surface area contributed by atoms with Crippen LogP contribution in [0.15, 0.2) is 72.8 Å². The first-order chi connectivity index (χ1) is 26.9. The molecule has 0 aliphatic heterocycles. The first-order valence-electron chi connectivity index (χ1n) is 16.5. The highest BCUT2D eigenvalue weighted by atomic mass is 35.5. The highest BCUT2D eigenvalue weighted by molar-refractivity contribution is 6.35. The van der Waals surface area contributed by atoms with Gasteiger partial charge in [0, 0.05) is 22.5 Å². The molecule has 300 valence electrons. The molecule has 1 unspecified atom stereocenters. The van der Waals surface area contributed by atoms with E-state index in [9.17, 15) is 34.5 Å². The fourth-order valence-corrected chi connectivity index (χ4v) is 4.95. The van der Waals surface area contributed by atoms with Crippen LogP contribution in [0.4, 0.5) is 22.7 Å². The standard InChI is InChI=1S/C19H19ClN4O4.C12H13ClN2O3.C7H8N2O2/c1-10-14(8-9-15(21-3)16(10)20)22-17(11(2)25)19(28)24-23-18(27)12-4-6-13(26)7-5-12;1-6-8(4-5-9(14-3)10(6)13)15-11(7(2)16)12(17)18;8-9-7(11)5-1-3-6(10)4-2-5/h4-9,11,17,22,25-26H,1-2H3,(H,23,27)(H,24,28);4-5,7,11,15-16H,1-2H3,(H,17,18);1-4,10H,8H2,(H,9,11)/t11-,17-;7-,11?;/m11./s1. The fraction of sp³-hybridized carbons (Fsp3) is 0.211. The summed E-state index contributed by atoms with van der Waals surface area (Å²) in [6.07, 6.45) is -2.15. The minimum absolute atomic E-state index is 0.0113. The highest BCUT2D eigenvalue weighted by Crippen LogP contribution is 2.34. The molecule has 0 aromatic heterocycles. The Morgan fingerprint density at radius 3 is 1.39 bits per heavy atom. The quantitative estimate of drug-likeness (QED) is 0.0439. The SMILES string of the molecule is NNC(=O)c1ccc(O)cc1.[C-]#[N+]c1ccc(NC(C(=O)O)[C@@H](C)O)c(C)c1Cl.[C-]#[N+]c1ccc(N[C@@H](C(=O)NNC(=O)c2ccc(O)cc2)[C@@H](C)O)c(C)c1Cl. The van der Waals surface area contributed by atoms with Crippen LogP contribution in [0.2, 0.25) is 10.0 Å². The molecule has 0 saturated carbocycles. The number of hydrogen-bond donors (Lipinski definition) is 11. The molecule has 3 amide bonds. The van der Waals surface area contributed by atoms with Crippen molar-refractivity contribution < 1.29 is 44.7 Å². The van der Waals surface area contributed by atoms with E-state index < -0.39 is 42.1 Å². The number of aliphatic carboxylic acids is 1. The number of halogens is 2. The molecule has 19 heteroatoms. The number of aliphatic hydroxyl groups is 2. The Hall–Kier alpha value is -6.60. The minimum atomic E-state index is -1.16. The van der Waals surface area contributed by atoms with Crippen molar-refractivity contribution in [3.05, 3.63) is 128 Å². The van der Waals surface area contributed by atoms with Crippen LogP contribution in [0.1, 0.15) is 45.7 Å². The van der Waals surface area contributed by atoms with E-state index in [4.69, 9.17) is 52.4 Å². The van der Waals surface area contributed by atoms with Gasteiger partial charge in [-0.3, -0.25) is 30.7 Å². The number of phenolic OH excluding ortho intramolecular Hbond substituents is 2. The van der Waals surface area contributed by atoms with E-state index in [1.165, 1.54) is 74.5 Å². The number of amides is 3. The maximum Gasteiger partial charge on any atom is 0.328 e. The van der Waals surface area contributed by atoms with Crippen molar-refractivity contribution in [1.29, 1.82) is 0 Å². The van der Waals surface area contributed by atoms with Gasteiger partial charge in [-0.2, -0.15) is 0 Å². The van der Waals surface area contributed by atoms with Crippen molar-refractivity contribution in [2.75, 3.05) is 10.6 Å². The molecule has 0 fully saturated rings. The zero-order chi connectivity index (χ0) is 43.0. The van der Waals surface area contributed by atoms with Crippen molar-refractivity contribution in [2.24, 2.45) is 5.84 Å². The number of nitrogen functional groups attached to an aromatic ring is 1. The zero-order valence-electron chi connectivity index (χ0n) is 30.8. The molecule has 0 saturated heterocycles. The summed E-state index contributed by atoms with van der Waals surface area (Å²) in [5, 5.41) is 52.5. The summed E-state index contributed by atoms with van der Waals surface area (Å²) in [4.78, 5) is 52.8. The summed E-state index contributed by atoms with van der Waals surface area (Å²) in [7, 11) is 0. The first-order valence-corrected chi connectivity index (χ1v) is 17.3. The van der Waals surface area contributed by atoms with Gasteiger partial charge in [-0.25, -0.2) is 20.3 Å². The van der Waals surface area contributed by atoms with E-state index in [2.05, 4.69) is 31.2 Å². The van der Waals surface area contributed by atoms with Gasteiger partial charge in [-0.15, -0.1) is 0 Å². The van der Waals surface area contributed by atoms with E-state index in [-0.39, 0.29) is 38.7 Å². The number of hydrogen-bond acceptors (Lipinski definition) is 11. The van der Waals surface area contributed by atoms with Crippen LogP contribution in [0.25, 0.3) is 9.69 Å². The van der Waals surface area contributed by atoms with Crippen LogP contribution in [0.3, 0.4) is 0 Å². The van der Waals surface area contributed by atoms with Crippen LogP contribution >= 0.6 is 23.2 Å². The molecule has 4 aromatic rings. The number of nitrogens with two attached hydrogens (primary N) is 1. The molecule has 0 aliphatic carbocycles. The van der Waals surface area contributed by atoms with Crippen molar-refractivity contribution in [1.82, 2.24) is 16.3 Å². The van der Waals surface area contributed by atoms with Gasteiger partial charge in [-0.05, 0) is 99.5 Å². The summed E-state index contributed by atoms with van der Waals surface area (Å²) in [5.74, 6) is 2.23. The largest absolute Gasteiger partial charge is 0.508 e. The Balaban J connectivity index is 0.000000329. The van der Waals surface area contributed by atoms with Crippen LogP contribution in [0, 0.1) is 27.0 Å². The first kappa shape index (κ1) is 46.6. The Labute approximate surface area is 337 Å². The molecule has 12 N–H and O–H groups in total. The van der Waals surface area contributed by atoms with E-state index in [0.717, 1.165) is 0 Å².